The molecule has 0 radical (unpaired) electrons. The summed E-state index contributed by atoms with van der Waals surface area (Å²) in [5, 5.41) is 0. The molecule has 82 valence electrons. The second-order valence-electron chi connectivity index (χ2n) is 3.80. The molecule has 0 fully saturated rings. The third kappa shape index (κ3) is 3.48. The Bertz CT molecular complexity index is 316. The Morgan fingerprint density at radius 3 is 2.27 bits per heavy atom. The molecule has 1 aromatic carbocycles. The quantitative estimate of drug-likeness (QED) is 0.688. The Balaban J connectivity index is 2.66. The first-order valence-corrected chi connectivity index (χ1v) is 5.48. The predicted octanol–water partition coefficient (Wildman–Crippen LogP) is 2.38. The molecule has 15 heavy (non-hydrogen) atoms. The zero-order valence-electron chi connectivity index (χ0n) is 9.79. The molecule has 1 rings (SSSR count). The zero-order chi connectivity index (χ0) is 11.3. The van der Waals surface area contributed by atoms with E-state index >= 15 is 0 Å². The van der Waals surface area contributed by atoms with Crippen molar-refractivity contribution in [3.05, 3.63) is 35.4 Å². The van der Waals surface area contributed by atoms with Crippen molar-refractivity contribution in [3.8, 4) is 0 Å². The standard InChI is InChI=1S/C13H19NO/c1-4-11-6-8-12(9-7-11)13(15)10-14(3)5-2/h6-9H,4-5,10H2,1-3H3. The van der Waals surface area contributed by atoms with Gasteiger partial charge in [0.2, 0.25) is 0 Å². The number of hydrogen-bond acceptors (Lipinski definition) is 2. The van der Waals surface area contributed by atoms with Crippen LogP contribution < -0.4 is 0 Å². The Morgan fingerprint density at radius 2 is 1.80 bits per heavy atom. The second kappa shape index (κ2) is 5.66. The molecule has 2 heteroatoms. The van der Waals surface area contributed by atoms with Gasteiger partial charge in [-0.15, -0.1) is 0 Å². The molecule has 2 nitrogen and oxygen atoms in total. The van der Waals surface area contributed by atoms with E-state index in [9.17, 15) is 4.79 Å². The summed E-state index contributed by atoms with van der Waals surface area (Å²) >= 11 is 0. The monoisotopic (exact) mass is 205 g/mol. The van der Waals surface area contributed by atoms with E-state index in [1.165, 1.54) is 5.56 Å². The highest BCUT2D eigenvalue weighted by Crippen LogP contribution is 2.06. The first kappa shape index (κ1) is 11.9. The highest BCUT2D eigenvalue weighted by molar-refractivity contribution is 5.97. The molecule has 0 aliphatic heterocycles. The van der Waals surface area contributed by atoms with Gasteiger partial charge in [-0.3, -0.25) is 9.69 Å². The van der Waals surface area contributed by atoms with Crippen LogP contribution in [0.3, 0.4) is 0 Å². The van der Waals surface area contributed by atoms with Crippen molar-refractivity contribution in [1.82, 2.24) is 4.90 Å². The van der Waals surface area contributed by atoms with Crippen LogP contribution in [0.5, 0.6) is 0 Å². The average molecular weight is 205 g/mol. The van der Waals surface area contributed by atoms with Crippen LogP contribution in [0.15, 0.2) is 24.3 Å². The van der Waals surface area contributed by atoms with E-state index in [4.69, 9.17) is 0 Å². The maximum atomic E-state index is 11.8. The number of carbonyl (C=O) groups is 1. The number of aryl methyl sites for hydroxylation is 1. The van der Waals surface area contributed by atoms with Gasteiger partial charge in [0.25, 0.3) is 0 Å². The number of likely N-dealkylation sites (N-methyl/N-ethyl adjacent to an activating group) is 1. The highest BCUT2D eigenvalue weighted by atomic mass is 16.1. The lowest BCUT2D eigenvalue weighted by atomic mass is 10.1. The largest absolute Gasteiger partial charge is 0.299 e. The minimum Gasteiger partial charge on any atom is -0.299 e. The Kier molecular flexibility index (Phi) is 4.50. The maximum absolute atomic E-state index is 11.8. The van der Waals surface area contributed by atoms with Crippen LogP contribution in [0.1, 0.15) is 29.8 Å². The van der Waals surface area contributed by atoms with Crippen molar-refractivity contribution < 1.29 is 4.79 Å². The molecule has 0 unspecified atom stereocenters. The van der Waals surface area contributed by atoms with E-state index in [1.807, 2.05) is 43.1 Å². The molecule has 0 aliphatic carbocycles. The summed E-state index contributed by atoms with van der Waals surface area (Å²) < 4.78 is 0. The molecule has 0 aliphatic rings. The molecule has 0 spiro atoms. The summed E-state index contributed by atoms with van der Waals surface area (Å²) in [5.74, 6) is 0.196. The zero-order valence-corrected chi connectivity index (χ0v) is 9.79. The van der Waals surface area contributed by atoms with Crippen molar-refractivity contribution in [2.24, 2.45) is 0 Å². The van der Waals surface area contributed by atoms with Crippen molar-refractivity contribution in [1.29, 1.82) is 0 Å². The fraction of sp³-hybridized carbons (Fsp3) is 0.462. The Labute approximate surface area is 91.9 Å². The van der Waals surface area contributed by atoms with E-state index in [2.05, 4.69) is 6.92 Å². The minimum atomic E-state index is 0.196. The molecular weight excluding hydrogens is 186 g/mol. The van der Waals surface area contributed by atoms with Gasteiger partial charge in [0.1, 0.15) is 0 Å². The van der Waals surface area contributed by atoms with Crippen LogP contribution in [-0.2, 0) is 6.42 Å². The molecule has 0 amide bonds. The second-order valence-corrected chi connectivity index (χ2v) is 3.80. The van der Waals surface area contributed by atoms with Gasteiger partial charge in [0.05, 0.1) is 6.54 Å². The third-order valence-corrected chi connectivity index (χ3v) is 2.64. The van der Waals surface area contributed by atoms with Gasteiger partial charge in [-0.25, -0.2) is 0 Å². The van der Waals surface area contributed by atoms with Crippen LogP contribution in [0.2, 0.25) is 0 Å². The lowest BCUT2D eigenvalue weighted by Crippen LogP contribution is -2.25. The Hall–Kier alpha value is -1.15. The predicted molar refractivity (Wildman–Crippen MR) is 63.3 cm³/mol. The van der Waals surface area contributed by atoms with E-state index in [0.717, 1.165) is 18.5 Å². The van der Waals surface area contributed by atoms with Crippen LogP contribution in [0.4, 0.5) is 0 Å². The van der Waals surface area contributed by atoms with E-state index in [-0.39, 0.29) is 5.78 Å². The molecule has 0 saturated heterocycles. The van der Waals surface area contributed by atoms with E-state index in [1.54, 1.807) is 0 Å². The van der Waals surface area contributed by atoms with Crippen LogP contribution >= 0.6 is 0 Å². The molecule has 0 N–H and O–H groups in total. The number of carbonyl (C=O) groups excluding carboxylic acids is 1. The first-order valence-electron chi connectivity index (χ1n) is 5.48. The van der Waals surface area contributed by atoms with Crippen molar-refractivity contribution in [2.45, 2.75) is 20.3 Å². The summed E-state index contributed by atoms with van der Waals surface area (Å²) in [6, 6.07) is 7.90. The number of benzene rings is 1. The van der Waals surface area contributed by atoms with Gasteiger partial charge < -0.3 is 0 Å². The molecule has 0 atom stereocenters. The topological polar surface area (TPSA) is 20.3 Å². The molecule has 0 heterocycles. The molecule has 0 saturated carbocycles. The fourth-order valence-corrected chi connectivity index (χ4v) is 1.37. The third-order valence-electron chi connectivity index (χ3n) is 2.64. The number of ketones is 1. The number of hydrogen-bond donors (Lipinski definition) is 0. The summed E-state index contributed by atoms with van der Waals surface area (Å²) in [6.07, 6.45) is 1.02. The lowest BCUT2D eigenvalue weighted by molar-refractivity contribution is 0.0949. The average Bonchev–Trinajstić information content (AvgIpc) is 2.29. The van der Waals surface area contributed by atoms with E-state index < -0.39 is 0 Å². The maximum Gasteiger partial charge on any atom is 0.176 e. The van der Waals surface area contributed by atoms with Gasteiger partial charge in [-0.1, -0.05) is 38.1 Å². The van der Waals surface area contributed by atoms with Gasteiger partial charge in [-0.2, -0.15) is 0 Å². The highest BCUT2D eigenvalue weighted by Gasteiger charge is 2.07. The summed E-state index contributed by atoms with van der Waals surface area (Å²) in [7, 11) is 1.96. The molecule has 0 bridgehead atoms. The molecule has 0 aromatic heterocycles. The number of nitrogens with zero attached hydrogens (tertiary/aromatic N) is 1. The van der Waals surface area contributed by atoms with Gasteiger partial charge >= 0.3 is 0 Å². The Morgan fingerprint density at radius 1 is 1.20 bits per heavy atom. The van der Waals surface area contributed by atoms with Crippen LogP contribution in [-0.4, -0.2) is 30.8 Å². The van der Waals surface area contributed by atoms with Gasteiger partial charge in [0, 0.05) is 5.56 Å². The number of Topliss-reactive ketones (excluding diaryl/α,β-unsaturated/α-hetero) is 1. The van der Waals surface area contributed by atoms with Crippen LogP contribution in [0.25, 0.3) is 0 Å². The van der Waals surface area contributed by atoms with Crippen LogP contribution in [0, 0.1) is 0 Å². The van der Waals surface area contributed by atoms with Crippen molar-refractivity contribution >= 4 is 5.78 Å². The van der Waals surface area contributed by atoms with Gasteiger partial charge in [0.15, 0.2) is 5.78 Å². The smallest absolute Gasteiger partial charge is 0.176 e. The molecular formula is C13H19NO. The SMILES string of the molecule is CCc1ccc(C(=O)CN(C)CC)cc1. The minimum absolute atomic E-state index is 0.196. The fourth-order valence-electron chi connectivity index (χ4n) is 1.37. The van der Waals surface area contributed by atoms with Gasteiger partial charge in [-0.05, 0) is 25.6 Å². The molecule has 1 aromatic rings. The van der Waals surface area contributed by atoms with E-state index in [0.29, 0.717) is 6.54 Å². The van der Waals surface area contributed by atoms with Crippen molar-refractivity contribution in [2.75, 3.05) is 20.1 Å². The van der Waals surface area contributed by atoms with Crippen molar-refractivity contribution in [3.63, 3.8) is 0 Å². The first-order chi connectivity index (χ1) is 7.17. The number of rotatable bonds is 5. The summed E-state index contributed by atoms with van der Waals surface area (Å²) in [5.41, 5.74) is 2.09. The lowest BCUT2D eigenvalue weighted by Gasteiger charge is -2.12. The normalized spacial score (nSPS) is 10.7. The summed E-state index contributed by atoms with van der Waals surface area (Å²) in [6.45, 7) is 5.57. The summed E-state index contributed by atoms with van der Waals surface area (Å²) in [4.78, 5) is 13.8.